The third-order valence-corrected chi connectivity index (χ3v) is 3.38. The Balaban J connectivity index is 2.24. The fourth-order valence-electron chi connectivity index (χ4n) is 3.28. The average molecular weight is 227 g/mol. The summed E-state index contributed by atoms with van der Waals surface area (Å²) in [7, 11) is 0. The van der Waals surface area contributed by atoms with Crippen molar-refractivity contribution in [3.63, 3.8) is 0 Å². The van der Waals surface area contributed by atoms with E-state index in [1.165, 1.54) is 6.92 Å². The quantitative estimate of drug-likeness (QED) is 0.641. The number of hydroxylamine groups is 2. The summed E-state index contributed by atoms with van der Waals surface area (Å²) in [5, 5.41) is 1.84. The van der Waals surface area contributed by atoms with Gasteiger partial charge in [-0.25, -0.2) is 0 Å². The number of hydrogen-bond donors (Lipinski definition) is 0. The third kappa shape index (κ3) is 1.96. The zero-order valence-electron chi connectivity index (χ0n) is 10.8. The molecule has 2 aliphatic heterocycles. The van der Waals surface area contributed by atoms with Crippen LogP contribution in [0.5, 0.6) is 0 Å². The van der Waals surface area contributed by atoms with Crippen LogP contribution in [-0.2, 0) is 14.4 Å². The summed E-state index contributed by atoms with van der Waals surface area (Å²) >= 11 is 0. The van der Waals surface area contributed by atoms with Crippen LogP contribution in [0.4, 0.5) is 0 Å². The second-order valence-electron chi connectivity index (χ2n) is 6.33. The fraction of sp³-hybridized carbons (Fsp3) is 0.917. The Morgan fingerprint density at radius 1 is 1.19 bits per heavy atom. The molecule has 16 heavy (non-hydrogen) atoms. The number of nitrogens with zero attached hydrogens (tertiary/aromatic N) is 1. The van der Waals surface area contributed by atoms with Gasteiger partial charge in [-0.1, -0.05) is 0 Å². The van der Waals surface area contributed by atoms with Gasteiger partial charge in [0.25, 0.3) is 0 Å². The van der Waals surface area contributed by atoms with E-state index in [0.717, 1.165) is 19.4 Å². The number of carbonyl (C=O) groups excluding carboxylic acids is 1. The molecule has 0 aromatic rings. The predicted molar refractivity (Wildman–Crippen MR) is 59.7 cm³/mol. The number of piperidine rings is 1. The first-order chi connectivity index (χ1) is 7.17. The predicted octanol–water partition coefficient (Wildman–Crippen LogP) is 1.89. The topological polar surface area (TPSA) is 42.1 Å². The molecule has 4 heteroatoms. The molecule has 0 saturated carbocycles. The Morgan fingerprint density at radius 2 is 1.62 bits per heavy atom. The van der Waals surface area contributed by atoms with Crippen molar-refractivity contribution >= 4 is 5.97 Å². The molecule has 0 unspecified atom stereocenters. The van der Waals surface area contributed by atoms with Gasteiger partial charge in [-0.3, -0.25) is 4.79 Å². The Morgan fingerprint density at radius 3 is 1.94 bits per heavy atom. The standard InChI is InChI=1S/C12H21NO3/c1-9(14)16-13-10(2,3)6-12(8-15-12)7-11(13,4)5/h6-8H2,1-5H3. The molecule has 0 bridgehead atoms. The van der Waals surface area contributed by atoms with E-state index in [0.29, 0.717) is 0 Å². The summed E-state index contributed by atoms with van der Waals surface area (Å²) in [6, 6.07) is 0. The van der Waals surface area contributed by atoms with E-state index >= 15 is 0 Å². The molecule has 2 aliphatic rings. The van der Waals surface area contributed by atoms with Crippen LogP contribution in [0.3, 0.4) is 0 Å². The van der Waals surface area contributed by atoms with Crippen molar-refractivity contribution in [2.75, 3.05) is 6.61 Å². The zero-order chi connectivity index (χ0) is 12.2. The maximum atomic E-state index is 11.2. The van der Waals surface area contributed by atoms with Crippen molar-refractivity contribution in [1.29, 1.82) is 0 Å². The highest BCUT2D eigenvalue weighted by Gasteiger charge is 2.60. The normalized spacial score (nSPS) is 30.1. The van der Waals surface area contributed by atoms with E-state index in [4.69, 9.17) is 9.57 Å². The molecule has 0 N–H and O–H groups in total. The maximum Gasteiger partial charge on any atom is 0.322 e. The molecule has 0 radical (unpaired) electrons. The minimum atomic E-state index is -0.256. The number of rotatable bonds is 1. The van der Waals surface area contributed by atoms with E-state index < -0.39 is 0 Å². The largest absolute Gasteiger partial charge is 0.369 e. The summed E-state index contributed by atoms with van der Waals surface area (Å²) in [4.78, 5) is 16.6. The smallest absolute Gasteiger partial charge is 0.322 e. The van der Waals surface area contributed by atoms with Crippen molar-refractivity contribution in [2.45, 2.75) is 64.1 Å². The van der Waals surface area contributed by atoms with Crippen LogP contribution in [0.25, 0.3) is 0 Å². The van der Waals surface area contributed by atoms with Crippen molar-refractivity contribution < 1.29 is 14.4 Å². The molecule has 4 nitrogen and oxygen atoms in total. The first-order valence-corrected chi connectivity index (χ1v) is 5.80. The second kappa shape index (κ2) is 3.20. The van der Waals surface area contributed by atoms with Crippen LogP contribution in [0.1, 0.15) is 47.5 Å². The molecule has 0 aromatic heterocycles. The van der Waals surface area contributed by atoms with E-state index in [-0.39, 0.29) is 22.6 Å². The van der Waals surface area contributed by atoms with E-state index in [1.54, 1.807) is 0 Å². The van der Waals surface area contributed by atoms with Crippen LogP contribution in [0.15, 0.2) is 0 Å². The van der Waals surface area contributed by atoms with Crippen LogP contribution in [-0.4, -0.2) is 34.3 Å². The monoisotopic (exact) mass is 227 g/mol. The maximum absolute atomic E-state index is 11.2. The zero-order valence-corrected chi connectivity index (χ0v) is 10.8. The molecule has 92 valence electrons. The Labute approximate surface area is 96.8 Å². The van der Waals surface area contributed by atoms with Crippen LogP contribution in [0, 0.1) is 0 Å². The Kier molecular flexibility index (Phi) is 2.37. The van der Waals surface area contributed by atoms with Gasteiger partial charge in [-0.2, -0.15) is 0 Å². The summed E-state index contributed by atoms with van der Waals surface area (Å²) < 4.78 is 5.59. The van der Waals surface area contributed by atoms with Gasteiger partial charge in [-0.15, -0.1) is 5.06 Å². The molecule has 0 aromatic carbocycles. The summed E-state index contributed by atoms with van der Waals surface area (Å²) in [5.41, 5.74) is -0.322. The number of ether oxygens (including phenoxy) is 1. The number of epoxide rings is 1. The number of hydrogen-bond acceptors (Lipinski definition) is 4. The third-order valence-electron chi connectivity index (χ3n) is 3.38. The molecular formula is C12H21NO3. The number of carbonyl (C=O) groups is 1. The van der Waals surface area contributed by atoms with Crippen molar-refractivity contribution in [3.8, 4) is 0 Å². The first-order valence-electron chi connectivity index (χ1n) is 5.80. The molecule has 2 fully saturated rings. The first kappa shape index (κ1) is 11.9. The van der Waals surface area contributed by atoms with Crippen LogP contribution >= 0.6 is 0 Å². The highest BCUT2D eigenvalue weighted by molar-refractivity contribution is 5.65. The van der Waals surface area contributed by atoms with Crippen molar-refractivity contribution in [3.05, 3.63) is 0 Å². The SMILES string of the molecule is CC(=O)ON1C(C)(C)CC2(CO2)CC1(C)C. The minimum Gasteiger partial charge on any atom is -0.369 e. The summed E-state index contributed by atoms with van der Waals surface area (Å²) in [6.45, 7) is 10.7. The van der Waals surface area contributed by atoms with Gasteiger partial charge in [0.15, 0.2) is 0 Å². The van der Waals surface area contributed by atoms with Gasteiger partial charge >= 0.3 is 5.97 Å². The minimum absolute atomic E-state index is 0.0314. The highest BCUT2D eigenvalue weighted by atomic mass is 16.7. The van der Waals surface area contributed by atoms with Gasteiger partial charge in [-0.05, 0) is 40.5 Å². The molecule has 0 amide bonds. The van der Waals surface area contributed by atoms with E-state index in [2.05, 4.69) is 27.7 Å². The lowest BCUT2D eigenvalue weighted by Gasteiger charge is -2.52. The fourth-order valence-corrected chi connectivity index (χ4v) is 3.28. The second-order valence-corrected chi connectivity index (χ2v) is 6.33. The Hall–Kier alpha value is -0.610. The van der Waals surface area contributed by atoms with E-state index in [9.17, 15) is 4.79 Å². The molecule has 2 saturated heterocycles. The lowest BCUT2D eigenvalue weighted by Crippen LogP contribution is -2.62. The molecule has 0 atom stereocenters. The lowest BCUT2D eigenvalue weighted by molar-refractivity contribution is -0.271. The van der Waals surface area contributed by atoms with Gasteiger partial charge in [0, 0.05) is 6.92 Å². The van der Waals surface area contributed by atoms with Crippen molar-refractivity contribution in [1.82, 2.24) is 5.06 Å². The summed E-state index contributed by atoms with van der Waals surface area (Å²) in [5.74, 6) is -0.256. The van der Waals surface area contributed by atoms with Crippen LogP contribution in [0.2, 0.25) is 0 Å². The van der Waals surface area contributed by atoms with Gasteiger partial charge in [0.2, 0.25) is 0 Å². The lowest BCUT2D eigenvalue weighted by atomic mass is 9.75. The molecular weight excluding hydrogens is 206 g/mol. The summed E-state index contributed by atoms with van der Waals surface area (Å²) in [6.07, 6.45) is 1.83. The van der Waals surface area contributed by atoms with E-state index in [1.807, 2.05) is 5.06 Å². The van der Waals surface area contributed by atoms with Gasteiger partial charge < -0.3 is 9.57 Å². The average Bonchev–Trinajstić information content (AvgIpc) is 2.75. The Bertz CT molecular complexity index is 298. The van der Waals surface area contributed by atoms with Crippen LogP contribution < -0.4 is 0 Å². The highest BCUT2D eigenvalue weighted by Crippen LogP contribution is 2.51. The van der Waals surface area contributed by atoms with Crippen molar-refractivity contribution in [2.24, 2.45) is 0 Å². The molecule has 2 heterocycles. The molecule has 1 spiro atoms. The molecule has 2 rings (SSSR count). The van der Waals surface area contributed by atoms with Gasteiger partial charge in [0.1, 0.15) is 0 Å². The van der Waals surface area contributed by atoms with Gasteiger partial charge in [0.05, 0.1) is 23.3 Å². The molecule has 0 aliphatic carbocycles.